The van der Waals surface area contributed by atoms with Crippen molar-refractivity contribution in [2.45, 2.75) is 46.2 Å². The first-order valence-corrected chi connectivity index (χ1v) is 7.47. The minimum absolute atomic E-state index is 0.272. The van der Waals surface area contributed by atoms with E-state index in [9.17, 15) is 4.79 Å². The van der Waals surface area contributed by atoms with Gasteiger partial charge in [-0.2, -0.15) is 5.10 Å². The molecule has 1 aliphatic heterocycles. The first-order valence-electron chi connectivity index (χ1n) is 7.47. The highest BCUT2D eigenvalue weighted by Gasteiger charge is 2.35. The van der Waals surface area contributed by atoms with Crippen LogP contribution in [-0.4, -0.2) is 52.2 Å². The summed E-state index contributed by atoms with van der Waals surface area (Å²) in [7, 11) is 0. The Bertz CT molecular complexity index is 472. The second kappa shape index (κ2) is 6.06. The fourth-order valence-electron chi connectivity index (χ4n) is 2.80. The zero-order valence-electron chi connectivity index (χ0n) is 13.1. The maximum atomic E-state index is 12.7. The Labute approximate surface area is 121 Å². The molecule has 0 atom stereocenters. The van der Waals surface area contributed by atoms with Gasteiger partial charge in [0.05, 0.1) is 17.7 Å². The molecule has 2 rings (SSSR count). The third-order valence-electron chi connectivity index (χ3n) is 4.22. The molecule has 1 aromatic heterocycles. The van der Waals surface area contributed by atoms with Gasteiger partial charge in [0.1, 0.15) is 0 Å². The van der Waals surface area contributed by atoms with Gasteiger partial charge in [-0.05, 0) is 33.8 Å². The fourth-order valence-corrected chi connectivity index (χ4v) is 2.80. The number of aromatic nitrogens is 2. The Hall–Kier alpha value is -1.20. The lowest BCUT2D eigenvalue weighted by molar-refractivity contribution is -0.129. The van der Waals surface area contributed by atoms with E-state index in [-0.39, 0.29) is 5.78 Å². The van der Waals surface area contributed by atoms with Crippen molar-refractivity contribution in [3.63, 3.8) is 0 Å². The van der Waals surface area contributed by atoms with E-state index in [0.29, 0.717) is 6.42 Å². The van der Waals surface area contributed by atoms with Gasteiger partial charge in [-0.15, -0.1) is 0 Å². The van der Waals surface area contributed by atoms with Crippen molar-refractivity contribution >= 4 is 5.78 Å². The van der Waals surface area contributed by atoms with E-state index in [2.05, 4.69) is 22.2 Å². The summed E-state index contributed by atoms with van der Waals surface area (Å²) in [6.07, 6.45) is 0.464. The predicted molar refractivity (Wildman–Crippen MR) is 79.9 cm³/mol. The van der Waals surface area contributed by atoms with Crippen LogP contribution in [0, 0.1) is 6.92 Å². The Kier molecular flexibility index (Phi) is 4.60. The summed E-state index contributed by atoms with van der Waals surface area (Å²) in [6, 6.07) is 2.02. The van der Waals surface area contributed by atoms with Gasteiger partial charge in [0.2, 0.25) is 0 Å². The van der Waals surface area contributed by atoms with Gasteiger partial charge in [0, 0.05) is 38.4 Å². The molecule has 1 saturated heterocycles. The molecule has 0 radical (unpaired) electrons. The van der Waals surface area contributed by atoms with E-state index in [0.717, 1.165) is 44.1 Å². The summed E-state index contributed by atoms with van der Waals surface area (Å²) < 4.78 is 1.93. The molecule has 112 valence electrons. The molecule has 5 nitrogen and oxygen atoms in total. The molecular formula is C15H26N4O. The number of nitrogens with zero attached hydrogens (tertiary/aromatic N) is 3. The second-order valence-corrected chi connectivity index (χ2v) is 5.99. The molecule has 0 spiro atoms. The fraction of sp³-hybridized carbons (Fsp3) is 0.733. The van der Waals surface area contributed by atoms with E-state index in [1.165, 1.54) is 0 Å². The van der Waals surface area contributed by atoms with E-state index < -0.39 is 5.54 Å². The number of piperazine rings is 1. The molecule has 2 heterocycles. The van der Waals surface area contributed by atoms with E-state index in [4.69, 9.17) is 0 Å². The SMILES string of the molecule is CCn1nc(C)cc1CC(=O)C(C)(C)N1CCNCC1. The molecule has 0 saturated carbocycles. The number of carbonyl (C=O) groups is 1. The maximum Gasteiger partial charge on any atom is 0.158 e. The van der Waals surface area contributed by atoms with Gasteiger partial charge < -0.3 is 5.32 Å². The molecule has 0 bridgehead atoms. The Balaban J connectivity index is 2.09. The molecular weight excluding hydrogens is 252 g/mol. The monoisotopic (exact) mass is 278 g/mol. The number of nitrogens with one attached hydrogen (secondary N) is 1. The van der Waals surface area contributed by atoms with Crippen LogP contribution in [0.15, 0.2) is 6.07 Å². The lowest BCUT2D eigenvalue weighted by Crippen LogP contribution is -2.57. The average molecular weight is 278 g/mol. The van der Waals surface area contributed by atoms with Gasteiger partial charge in [-0.3, -0.25) is 14.4 Å². The lowest BCUT2D eigenvalue weighted by atomic mass is 9.92. The van der Waals surface area contributed by atoms with Crippen LogP contribution in [0.2, 0.25) is 0 Å². The van der Waals surface area contributed by atoms with Crippen LogP contribution in [0.1, 0.15) is 32.2 Å². The molecule has 0 unspecified atom stereocenters. The highest BCUT2D eigenvalue weighted by Crippen LogP contribution is 2.19. The molecule has 0 amide bonds. The van der Waals surface area contributed by atoms with Crippen LogP contribution in [0.4, 0.5) is 0 Å². The largest absolute Gasteiger partial charge is 0.314 e. The van der Waals surface area contributed by atoms with Crippen LogP contribution < -0.4 is 5.32 Å². The van der Waals surface area contributed by atoms with Crippen molar-refractivity contribution in [1.82, 2.24) is 20.0 Å². The van der Waals surface area contributed by atoms with Crippen molar-refractivity contribution in [3.8, 4) is 0 Å². The smallest absolute Gasteiger partial charge is 0.158 e. The third kappa shape index (κ3) is 3.10. The van der Waals surface area contributed by atoms with Crippen molar-refractivity contribution < 1.29 is 4.79 Å². The van der Waals surface area contributed by atoms with E-state index >= 15 is 0 Å². The number of aryl methyl sites for hydroxylation is 2. The van der Waals surface area contributed by atoms with Gasteiger partial charge in [-0.25, -0.2) is 0 Å². The zero-order valence-corrected chi connectivity index (χ0v) is 13.1. The standard InChI is InChI=1S/C15H26N4O/c1-5-19-13(10-12(2)17-19)11-14(20)15(3,4)18-8-6-16-7-9-18/h10,16H,5-9,11H2,1-4H3. The second-order valence-electron chi connectivity index (χ2n) is 5.99. The quantitative estimate of drug-likeness (QED) is 0.873. The molecule has 0 aliphatic carbocycles. The Morgan fingerprint density at radius 3 is 2.65 bits per heavy atom. The number of hydrogen-bond donors (Lipinski definition) is 1. The summed E-state index contributed by atoms with van der Waals surface area (Å²) in [5.41, 5.74) is 1.60. The molecule has 1 fully saturated rings. The highest BCUT2D eigenvalue weighted by molar-refractivity contribution is 5.89. The van der Waals surface area contributed by atoms with Crippen LogP contribution in [0.3, 0.4) is 0 Å². The predicted octanol–water partition coefficient (Wildman–Crippen LogP) is 1.01. The van der Waals surface area contributed by atoms with Crippen molar-refractivity contribution in [2.24, 2.45) is 0 Å². The van der Waals surface area contributed by atoms with E-state index in [1.54, 1.807) is 0 Å². The molecule has 1 aromatic rings. The van der Waals surface area contributed by atoms with Crippen molar-refractivity contribution in [3.05, 3.63) is 17.5 Å². The minimum Gasteiger partial charge on any atom is -0.314 e. The van der Waals surface area contributed by atoms with Gasteiger partial charge in [0.25, 0.3) is 0 Å². The summed E-state index contributed by atoms with van der Waals surface area (Å²) in [4.78, 5) is 15.0. The lowest BCUT2D eigenvalue weighted by Gasteiger charge is -2.40. The van der Waals surface area contributed by atoms with Crippen molar-refractivity contribution in [1.29, 1.82) is 0 Å². The van der Waals surface area contributed by atoms with Crippen LogP contribution in [-0.2, 0) is 17.8 Å². The minimum atomic E-state index is -0.404. The van der Waals surface area contributed by atoms with Gasteiger partial charge in [0.15, 0.2) is 5.78 Å². The summed E-state index contributed by atoms with van der Waals surface area (Å²) in [6.45, 7) is 12.7. The van der Waals surface area contributed by atoms with Crippen LogP contribution in [0.25, 0.3) is 0 Å². The van der Waals surface area contributed by atoms with E-state index in [1.807, 2.05) is 31.5 Å². The highest BCUT2D eigenvalue weighted by atomic mass is 16.1. The normalized spacial score (nSPS) is 17.4. The molecule has 20 heavy (non-hydrogen) atoms. The third-order valence-corrected chi connectivity index (χ3v) is 4.22. The average Bonchev–Trinajstić information content (AvgIpc) is 2.79. The number of ketones is 1. The Morgan fingerprint density at radius 1 is 1.40 bits per heavy atom. The first kappa shape index (κ1) is 15.2. The topological polar surface area (TPSA) is 50.2 Å². The van der Waals surface area contributed by atoms with Crippen molar-refractivity contribution in [2.75, 3.05) is 26.2 Å². The maximum absolute atomic E-state index is 12.7. The zero-order chi connectivity index (χ0) is 14.8. The summed E-state index contributed by atoms with van der Waals surface area (Å²) >= 11 is 0. The van der Waals surface area contributed by atoms with Crippen LogP contribution >= 0.6 is 0 Å². The number of carbonyl (C=O) groups excluding carboxylic acids is 1. The number of hydrogen-bond acceptors (Lipinski definition) is 4. The Morgan fingerprint density at radius 2 is 2.05 bits per heavy atom. The first-order chi connectivity index (χ1) is 9.45. The number of Topliss-reactive ketones (excluding diaryl/α,β-unsaturated/α-hetero) is 1. The van der Waals surface area contributed by atoms with Gasteiger partial charge in [-0.1, -0.05) is 0 Å². The number of rotatable bonds is 5. The molecule has 0 aromatic carbocycles. The summed E-state index contributed by atoms with van der Waals surface area (Å²) in [5, 5.41) is 7.75. The molecule has 1 N–H and O–H groups in total. The van der Waals surface area contributed by atoms with Gasteiger partial charge >= 0.3 is 0 Å². The summed E-state index contributed by atoms with van der Waals surface area (Å²) in [5.74, 6) is 0.272. The van der Waals surface area contributed by atoms with Crippen LogP contribution in [0.5, 0.6) is 0 Å². The molecule has 1 aliphatic rings. The molecule has 5 heteroatoms.